The number of anilines is 1. The van der Waals surface area contributed by atoms with E-state index in [4.69, 9.17) is 0 Å². The van der Waals surface area contributed by atoms with E-state index < -0.39 is 10.0 Å². The van der Waals surface area contributed by atoms with Crippen LogP contribution in [0.4, 0.5) is 5.69 Å². The van der Waals surface area contributed by atoms with Crippen LogP contribution in [0.5, 0.6) is 0 Å². The molecular weight excluding hydrogens is 286 g/mol. The Kier molecular flexibility index (Phi) is 3.71. The summed E-state index contributed by atoms with van der Waals surface area (Å²) in [6.45, 7) is 1.36. The third-order valence-electron chi connectivity index (χ3n) is 4.93. The lowest BCUT2D eigenvalue weighted by molar-refractivity contribution is 0.0657. The smallest absolute Gasteiger partial charge is 0.240 e. The van der Waals surface area contributed by atoms with E-state index in [0.717, 1.165) is 31.5 Å². The summed E-state index contributed by atoms with van der Waals surface area (Å²) in [7, 11) is 0.600. The Morgan fingerprint density at radius 3 is 2.71 bits per heavy atom. The van der Waals surface area contributed by atoms with Gasteiger partial charge >= 0.3 is 0 Å². The van der Waals surface area contributed by atoms with Gasteiger partial charge in [-0.15, -0.1) is 0 Å². The van der Waals surface area contributed by atoms with Crippen LogP contribution in [0.1, 0.15) is 24.8 Å². The van der Waals surface area contributed by atoms with E-state index in [-0.39, 0.29) is 5.54 Å². The summed E-state index contributed by atoms with van der Waals surface area (Å²) in [6, 6.07) is 5.36. The number of nitrogens with zero attached hydrogens (tertiary/aromatic N) is 1. The number of sulfonamides is 1. The molecule has 1 aliphatic heterocycles. The van der Waals surface area contributed by atoms with Gasteiger partial charge in [0.15, 0.2) is 0 Å². The SMILES string of the molecule is CN(C)C1(CNS(=O)(=O)c2ccc3c(c2)NCC3)CCC1. The van der Waals surface area contributed by atoms with Gasteiger partial charge in [0, 0.05) is 24.3 Å². The van der Waals surface area contributed by atoms with E-state index in [0.29, 0.717) is 11.4 Å². The normalized spacial score (nSPS) is 20.0. The Morgan fingerprint density at radius 1 is 1.33 bits per heavy atom. The Balaban J connectivity index is 1.75. The minimum absolute atomic E-state index is 0.0119. The topological polar surface area (TPSA) is 61.4 Å². The summed E-state index contributed by atoms with van der Waals surface area (Å²) in [6.07, 6.45) is 4.23. The monoisotopic (exact) mass is 309 g/mol. The van der Waals surface area contributed by atoms with Crippen LogP contribution in [-0.2, 0) is 16.4 Å². The molecule has 1 aromatic rings. The quantitative estimate of drug-likeness (QED) is 0.863. The Bertz CT molecular complexity index is 636. The second-order valence-corrected chi connectivity index (χ2v) is 8.06. The molecule has 5 nitrogen and oxygen atoms in total. The molecule has 0 bridgehead atoms. The Hall–Kier alpha value is -1.11. The van der Waals surface area contributed by atoms with Gasteiger partial charge in [-0.3, -0.25) is 0 Å². The van der Waals surface area contributed by atoms with Crippen molar-refractivity contribution in [3.05, 3.63) is 23.8 Å². The molecule has 116 valence electrons. The van der Waals surface area contributed by atoms with Crippen molar-refractivity contribution < 1.29 is 8.42 Å². The zero-order valence-corrected chi connectivity index (χ0v) is 13.5. The number of hydrogen-bond donors (Lipinski definition) is 2. The van der Waals surface area contributed by atoms with Crippen molar-refractivity contribution in [1.82, 2.24) is 9.62 Å². The van der Waals surface area contributed by atoms with Crippen molar-refractivity contribution in [2.24, 2.45) is 0 Å². The molecule has 0 amide bonds. The Labute approximate surface area is 126 Å². The molecule has 0 saturated heterocycles. The zero-order valence-electron chi connectivity index (χ0n) is 12.6. The van der Waals surface area contributed by atoms with Crippen molar-refractivity contribution in [1.29, 1.82) is 0 Å². The van der Waals surface area contributed by atoms with Gasteiger partial charge in [0.2, 0.25) is 10.0 Å². The maximum Gasteiger partial charge on any atom is 0.240 e. The van der Waals surface area contributed by atoms with Crippen molar-refractivity contribution in [3.8, 4) is 0 Å². The van der Waals surface area contributed by atoms with Crippen molar-refractivity contribution in [3.63, 3.8) is 0 Å². The van der Waals surface area contributed by atoms with Gasteiger partial charge < -0.3 is 10.2 Å². The molecular formula is C15H23N3O2S. The van der Waals surface area contributed by atoms with Crippen LogP contribution in [-0.4, -0.2) is 46.0 Å². The minimum Gasteiger partial charge on any atom is -0.384 e. The molecule has 1 aromatic carbocycles. The molecule has 21 heavy (non-hydrogen) atoms. The molecule has 1 heterocycles. The lowest BCUT2D eigenvalue weighted by atomic mass is 9.76. The Morgan fingerprint density at radius 2 is 2.10 bits per heavy atom. The fourth-order valence-electron chi connectivity index (χ4n) is 3.12. The molecule has 0 unspecified atom stereocenters. The van der Waals surface area contributed by atoms with E-state index in [1.807, 2.05) is 20.2 Å². The van der Waals surface area contributed by atoms with Crippen LogP contribution in [0.15, 0.2) is 23.1 Å². The summed E-state index contributed by atoms with van der Waals surface area (Å²) in [5.74, 6) is 0. The maximum absolute atomic E-state index is 12.5. The van der Waals surface area contributed by atoms with Crippen LogP contribution in [0.2, 0.25) is 0 Å². The predicted molar refractivity (Wildman–Crippen MR) is 84.1 cm³/mol. The average Bonchev–Trinajstić information content (AvgIpc) is 2.83. The predicted octanol–water partition coefficient (Wildman–Crippen LogP) is 1.42. The van der Waals surface area contributed by atoms with Crippen LogP contribution >= 0.6 is 0 Å². The fraction of sp³-hybridized carbons (Fsp3) is 0.600. The number of benzene rings is 1. The molecule has 1 aliphatic carbocycles. The second kappa shape index (κ2) is 5.26. The number of nitrogens with one attached hydrogen (secondary N) is 2. The summed E-state index contributed by atoms with van der Waals surface area (Å²) in [5.41, 5.74) is 2.13. The number of rotatable bonds is 5. The standard InChI is InChI=1S/C15H23N3O2S/c1-18(2)15(7-3-8-15)11-17-21(19,20)13-5-4-12-6-9-16-14(12)10-13/h4-5,10,16-17H,3,6-9,11H2,1-2H3. The van der Waals surface area contributed by atoms with E-state index in [9.17, 15) is 8.42 Å². The number of hydrogen-bond acceptors (Lipinski definition) is 4. The van der Waals surface area contributed by atoms with Crippen molar-refractivity contribution in [2.45, 2.75) is 36.1 Å². The molecule has 3 rings (SSSR count). The molecule has 6 heteroatoms. The maximum atomic E-state index is 12.5. The summed E-state index contributed by atoms with van der Waals surface area (Å²) in [4.78, 5) is 2.49. The molecule has 0 radical (unpaired) electrons. The van der Waals surface area contributed by atoms with Gasteiger partial charge in [-0.1, -0.05) is 6.07 Å². The summed E-state index contributed by atoms with van der Waals surface area (Å²) >= 11 is 0. The van der Waals surface area contributed by atoms with Gasteiger partial charge in [0.05, 0.1) is 4.90 Å². The van der Waals surface area contributed by atoms with Crippen LogP contribution in [0.3, 0.4) is 0 Å². The number of fused-ring (bicyclic) bond motifs is 1. The van der Waals surface area contributed by atoms with Crippen LogP contribution in [0, 0.1) is 0 Å². The van der Waals surface area contributed by atoms with Gasteiger partial charge in [0.1, 0.15) is 0 Å². The van der Waals surface area contributed by atoms with Crippen molar-refractivity contribution >= 4 is 15.7 Å². The molecule has 0 spiro atoms. The largest absolute Gasteiger partial charge is 0.384 e. The van der Waals surface area contributed by atoms with Gasteiger partial charge in [0.25, 0.3) is 0 Å². The van der Waals surface area contributed by atoms with E-state index in [1.54, 1.807) is 12.1 Å². The summed E-state index contributed by atoms with van der Waals surface area (Å²) in [5, 5.41) is 3.23. The van der Waals surface area contributed by atoms with Crippen molar-refractivity contribution in [2.75, 3.05) is 32.5 Å². The molecule has 0 atom stereocenters. The number of likely N-dealkylation sites (N-methyl/N-ethyl adjacent to an activating group) is 1. The highest BCUT2D eigenvalue weighted by molar-refractivity contribution is 7.89. The first-order valence-corrected chi connectivity index (χ1v) is 8.95. The fourth-order valence-corrected chi connectivity index (χ4v) is 4.26. The minimum atomic E-state index is -3.44. The highest BCUT2D eigenvalue weighted by Crippen LogP contribution is 2.35. The lowest BCUT2D eigenvalue weighted by Gasteiger charge is -2.47. The van der Waals surface area contributed by atoms with Gasteiger partial charge in [-0.2, -0.15) is 0 Å². The van der Waals surface area contributed by atoms with E-state index in [2.05, 4.69) is 14.9 Å². The third kappa shape index (κ3) is 2.67. The average molecular weight is 309 g/mol. The zero-order chi connectivity index (χ0) is 15.1. The van der Waals surface area contributed by atoms with Crippen LogP contribution in [0.25, 0.3) is 0 Å². The third-order valence-corrected chi connectivity index (χ3v) is 6.32. The molecule has 2 aliphatic rings. The molecule has 1 fully saturated rings. The van der Waals surface area contributed by atoms with Crippen LogP contribution < -0.4 is 10.0 Å². The first kappa shape index (κ1) is 14.8. The molecule has 2 N–H and O–H groups in total. The van der Waals surface area contributed by atoms with Gasteiger partial charge in [-0.05, 0) is 57.5 Å². The second-order valence-electron chi connectivity index (χ2n) is 6.29. The molecule has 0 aromatic heterocycles. The first-order valence-electron chi connectivity index (χ1n) is 7.47. The summed E-state index contributed by atoms with van der Waals surface area (Å²) < 4.78 is 27.8. The van der Waals surface area contributed by atoms with E-state index >= 15 is 0 Å². The lowest BCUT2D eigenvalue weighted by Crippen LogP contribution is -2.57. The highest BCUT2D eigenvalue weighted by atomic mass is 32.2. The highest BCUT2D eigenvalue weighted by Gasteiger charge is 2.39. The van der Waals surface area contributed by atoms with E-state index in [1.165, 1.54) is 12.0 Å². The molecule has 1 saturated carbocycles. The van der Waals surface area contributed by atoms with Gasteiger partial charge in [-0.25, -0.2) is 13.1 Å². The first-order chi connectivity index (χ1) is 9.93.